The molecule has 1 atom stereocenters. The first-order valence-electron chi connectivity index (χ1n) is 14.0. The van der Waals surface area contributed by atoms with Crippen LogP contribution in [0.3, 0.4) is 0 Å². The lowest BCUT2D eigenvalue weighted by molar-refractivity contribution is -0.138. The molecule has 2 N–H and O–H groups in total. The summed E-state index contributed by atoms with van der Waals surface area (Å²) in [6.45, 7) is 4.92. The average molecular weight is 652 g/mol. The quantitative estimate of drug-likeness (QED) is 0.272. The first-order chi connectivity index (χ1) is 20.1. The van der Waals surface area contributed by atoms with E-state index in [4.69, 9.17) is 5.11 Å². The van der Waals surface area contributed by atoms with E-state index in [1.54, 1.807) is 24.4 Å². The maximum absolute atomic E-state index is 13.1. The molecule has 0 saturated carbocycles. The van der Waals surface area contributed by atoms with Gasteiger partial charge in [0, 0.05) is 43.0 Å². The van der Waals surface area contributed by atoms with Gasteiger partial charge in [0.1, 0.15) is 5.82 Å². The highest BCUT2D eigenvalue weighted by Gasteiger charge is 2.30. The molecule has 7 nitrogen and oxygen atoms in total. The summed E-state index contributed by atoms with van der Waals surface area (Å²) in [4.78, 5) is 32.7. The van der Waals surface area contributed by atoms with Crippen LogP contribution >= 0.6 is 24.8 Å². The molecular formula is C32H35Cl2F3N4O3. The van der Waals surface area contributed by atoms with Crippen molar-refractivity contribution in [2.24, 2.45) is 0 Å². The lowest BCUT2D eigenvalue weighted by Crippen LogP contribution is -2.33. The average Bonchev–Trinajstić information content (AvgIpc) is 3.37. The van der Waals surface area contributed by atoms with E-state index in [2.05, 4.69) is 22.1 Å². The zero-order valence-corrected chi connectivity index (χ0v) is 25.8. The Balaban J connectivity index is 0.00000264. The van der Waals surface area contributed by atoms with Gasteiger partial charge in [-0.25, -0.2) is 4.98 Å². The zero-order valence-electron chi connectivity index (χ0n) is 24.1. The van der Waals surface area contributed by atoms with Crippen LogP contribution in [0.15, 0.2) is 66.9 Å². The number of pyridine rings is 1. The van der Waals surface area contributed by atoms with E-state index in [0.717, 1.165) is 60.2 Å². The van der Waals surface area contributed by atoms with Crippen molar-refractivity contribution in [2.45, 2.75) is 44.9 Å². The van der Waals surface area contributed by atoms with Crippen LogP contribution in [0.1, 0.15) is 53.2 Å². The Hall–Kier alpha value is -3.44. The minimum Gasteiger partial charge on any atom is -0.480 e. The number of anilines is 1. The molecular weight excluding hydrogens is 616 g/mol. The number of carbonyl (C=O) groups is 2. The smallest absolute Gasteiger partial charge is 0.416 e. The predicted molar refractivity (Wildman–Crippen MR) is 169 cm³/mol. The van der Waals surface area contributed by atoms with Gasteiger partial charge in [-0.2, -0.15) is 13.2 Å². The summed E-state index contributed by atoms with van der Waals surface area (Å²) < 4.78 is 39.3. The van der Waals surface area contributed by atoms with Crippen molar-refractivity contribution in [2.75, 3.05) is 31.5 Å². The van der Waals surface area contributed by atoms with Gasteiger partial charge in [0.25, 0.3) is 5.91 Å². The Morgan fingerprint density at radius 1 is 1.02 bits per heavy atom. The van der Waals surface area contributed by atoms with E-state index in [-0.39, 0.29) is 37.3 Å². The lowest BCUT2D eigenvalue weighted by atomic mass is 9.98. The fourth-order valence-corrected chi connectivity index (χ4v) is 5.57. The van der Waals surface area contributed by atoms with Gasteiger partial charge in [-0.1, -0.05) is 30.3 Å². The number of hydrogen-bond donors (Lipinski definition) is 2. The highest BCUT2D eigenvalue weighted by molar-refractivity contribution is 6.04. The summed E-state index contributed by atoms with van der Waals surface area (Å²) in [5, 5.41) is 11.9. The van der Waals surface area contributed by atoms with Crippen LogP contribution in [0.5, 0.6) is 0 Å². The standard InChI is InChI=1S/C32H33F3N4O3.2ClH/c1-21-3-2-14-39(21)19-26-17-29(36-18-28(26)24-8-10-27(11-9-24)32(33,34)35)37-31(42)25-6-4-22(5-7-25)23-12-15-38(16-13-23)20-30(40)41;;/h4-12,17-18,21H,2-3,13-16,19-20H2,1H3,(H,40,41)(H,36,37,42);2*1H/t21-;;/m1../s1. The third-order valence-electron chi connectivity index (χ3n) is 7.99. The van der Waals surface area contributed by atoms with E-state index >= 15 is 0 Å². The van der Waals surface area contributed by atoms with Crippen LogP contribution in [0.2, 0.25) is 0 Å². The molecule has 2 aliphatic rings. The number of amides is 1. The summed E-state index contributed by atoms with van der Waals surface area (Å²) in [5.41, 5.74) is 4.11. The number of carboxylic acids is 1. The number of nitrogens with zero attached hydrogens (tertiary/aromatic N) is 3. The number of aliphatic carboxylic acids is 1. The molecule has 1 aromatic heterocycles. The van der Waals surface area contributed by atoms with Gasteiger partial charge in [-0.15, -0.1) is 24.8 Å². The summed E-state index contributed by atoms with van der Waals surface area (Å²) in [5.74, 6) is -0.791. The zero-order chi connectivity index (χ0) is 29.9. The molecule has 3 heterocycles. The second kappa shape index (κ2) is 15.0. The van der Waals surface area contributed by atoms with E-state index in [1.165, 1.54) is 12.1 Å². The molecule has 3 aromatic rings. The van der Waals surface area contributed by atoms with Crippen molar-refractivity contribution >= 4 is 48.1 Å². The summed E-state index contributed by atoms with van der Waals surface area (Å²) in [7, 11) is 0. The molecule has 5 rings (SSSR count). The number of likely N-dealkylation sites (tertiary alicyclic amines) is 1. The fourth-order valence-electron chi connectivity index (χ4n) is 5.57. The highest BCUT2D eigenvalue weighted by Crippen LogP contribution is 2.33. The molecule has 0 spiro atoms. The summed E-state index contributed by atoms with van der Waals surface area (Å²) in [6, 6.07) is 14.5. The molecule has 2 aliphatic heterocycles. The Bertz CT molecular complexity index is 1480. The Kier molecular flexibility index (Phi) is 12.0. The minimum absolute atomic E-state index is 0. The van der Waals surface area contributed by atoms with Gasteiger partial charge in [0.15, 0.2) is 0 Å². The Morgan fingerprint density at radius 3 is 2.27 bits per heavy atom. The van der Waals surface area contributed by atoms with Crippen LogP contribution in [0.25, 0.3) is 16.7 Å². The molecule has 1 saturated heterocycles. The van der Waals surface area contributed by atoms with E-state index in [0.29, 0.717) is 42.6 Å². The molecule has 0 aliphatic carbocycles. The number of alkyl halides is 3. The number of rotatable bonds is 8. The SMILES string of the molecule is C[C@@H]1CCCN1Cc1cc(NC(=O)c2ccc(C3=CCN(CC(=O)O)CC3)cc2)ncc1-c1ccc(C(F)(F)F)cc1.Cl.Cl. The first kappa shape index (κ1) is 35.0. The highest BCUT2D eigenvalue weighted by atomic mass is 35.5. The van der Waals surface area contributed by atoms with Crippen LogP contribution in [0.4, 0.5) is 19.0 Å². The van der Waals surface area contributed by atoms with Crippen molar-refractivity contribution in [3.8, 4) is 11.1 Å². The summed E-state index contributed by atoms with van der Waals surface area (Å²) >= 11 is 0. The van der Waals surface area contributed by atoms with Crippen molar-refractivity contribution in [3.63, 3.8) is 0 Å². The van der Waals surface area contributed by atoms with Gasteiger partial charge >= 0.3 is 12.1 Å². The second-order valence-corrected chi connectivity index (χ2v) is 10.9. The van der Waals surface area contributed by atoms with Crippen LogP contribution < -0.4 is 5.32 Å². The molecule has 236 valence electrons. The van der Waals surface area contributed by atoms with E-state index in [9.17, 15) is 22.8 Å². The Morgan fingerprint density at radius 2 is 1.70 bits per heavy atom. The molecule has 1 fully saturated rings. The monoisotopic (exact) mass is 650 g/mol. The molecule has 1 amide bonds. The van der Waals surface area contributed by atoms with Crippen molar-refractivity contribution in [1.29, 1.82) is 0 Å². The number of benzene rings is 2. The fraction of sp³-hybridized carbons (Fsp3) is 0.344. The van der Waals surface area contributed by atoms with Crippen LogP contribution in [0, 0.1) is 0 Å². The van der Waals surface area contributed by atoms with Gasteiger partial charge < -0.3 is 10.4 Å². The molecule has 2 aromatic carbocycles. The third kappa shape index (κ3) is 8.59. The van der Waals surface area contributed by atoms with Crippen LogP contribution in [-0.4, -0.2) is 64.0 Å². The van der Waals surface area contributed by atoms with Gasteiger partial charge in [-0.3, -0.25) is 19.4 Å². The third-order valence-corrected chi connectivity index (χ3v) is 7.99. The Labute approximate surface area is 267 Å². The second-order valence-electron chi connectivity index (χ2n) is 10.9. The van der Waals surface area contributed by atoms with Crippen molar-refractivity contribution < 1.29 is 27.9 Å². The van der Waals surface area contributed by atoms with E-state index in [1.807, 2.05) is 23.1 Å². The normalized spacial score (nSPS) is 17.3. The molecule has 0 unspecified atom stereocenters. The molecule has 0 bridgehead atoms. The van der Waals surface area contributed by atoms with Gasteiger partial charge in [-0.05, 0) is 85.3 Å². The predicted octanol–water partition coefficient (Wildman–Crippen LogP) is 7.02. The number of aromatic nitrogens is 1. The molecule has 12 heteroatoms. The van der Waals surface area contributed by atoms with Crippen molar-refractivity contribution in [3.05, 3.63) is 89.1 Å². The summed E-state index contributed by atoms with van der Waals surface area (Å²) in [6.07, 6.45) is 2.11. The largest absolute Gasteiger partial charge is 0.480 e. The maximum Gasteiger partial charge on any atom is 0.416 e. The molecule has 44 heavy (non-hydrogen) atoms. The molecule has 0 radical (unpaired) electrons. The number of carboxylic acid groups (broad SMARTS) is 1. The van der Waals surface area contributed by atoms with E-state index < -0.39 is 17.7 Å². The maximum atomic E-state index is 13.1. The van der Waals surface area contributed by atoms with Gasteiger partial charge in [0.2, 0.25) is 0 Å². The lowest BCUT2D eigenvalue weighted by Gasteiger charge is -2.24. The van der Waals surface area contributed by atoms with Crippen molar-refractivity contribution in [1.82, 2.24) is 14.8 Å². The topological polar surface area (TPSA) is 85.8 Å². The number of carbonyl (C=O) groups excluding carboxylic acids is 1. The minimum atomic E-state index is -4.41. The first-order valence-corrected chi connectivity index (χ1v) is 14.0. The number of nitrogens with one attached hydrogen (secondary N) is 1. The number of hydrogen-bond acceptors (Lipinski definition) is 5. The number of halogens is 5. The van der Waals surface area contributed by atoms with Gasteiger partial charge in [0.05, 0.1) is 12.1 Å². The van der Waals surface area contributed by atoms with Crippen LogP contribution in [-0.2, 0) is 17.5 Å².